The summed E-state index contributed by atoms with van der Waals surface area (Å²) in [5.74, 6) is 2.23. The summed E-state index contributed by atoms with van der Waals surface area (Å²) in [7, 11) is 0.0602. The van der Waals surface area contributed by atoms with Gasteiger partial charge in [-0.3, -0.25) is 0 Å². The fourth-order valence-electron chi connectivity index (χ4n) is 0.738. The van der Waals surface area contributed by atoms with Gasteiger partial charge in [0.2, 0.25) is 0 Å². The first-order chi connectivity index (χ1) is 3.43. The molecule has 1 aliphatic rings. The average Bonchev–Trinajstić information content (AvgIpc) is 2.14. The zero-order valence-electron chi connectivity index (χ0n) is 4.14. The maximum absolute atomic E-state index is 9.89. The molecular formula is C5H8OS. The van der Waals surface area contributed by atoms with Crippen LogP contribution in [0.4, 0.5) is 0 Å². The van der Waals surface area contributed by atoms with Crippen molar-refractivity contribution in [1.82, 2.24) is 0 Å². The first-order valence-electron chi connectivity index (χ1n) is 2.49. The Morgan fingerprint density at radius 1 is 1.29 bits per heavy atom. The van der Waals surface area contributed by atoms with Gasteiger partial charge >= 0.3 is 0 Å². The molecule has 1 heterocycles. The molecule has 0 bridgehead atoms. The predicted molar refractivity (Wildman–Crippen MR) is 32.3 cm³/mol. The minimum Gasteiger partial charge on any atom is -0.226 e. The zero-order valence-corrected chi connectivity index (χ0v) is 4.96. The Morgan fingerprint density at radius 2 is 1.86 bits per heavy atom. The molecule has 1 nitrogen and oxygen atoms in total. The number of carbonyl (C=O) groups excluding carboxylic acids is 1. The van der Waals surface area contributed by atoms with Gasteiger partial charge in [-0.2, -0.15) is 0 Å². The van der Waals surface area contributed by atoms with Crippen molar-refractivity contribution in [2.75, 3.05) is 11.5 Å². The molecule has 0 unspecified atom stereocenters. The monoisotopic (exact) mass is 116 g/mol. The minimum atomic E-state index is 0.0602. The second-order valence-corrected chi connectivity index (χ2v) is 3.66. The molecule has 0 N–H and O–H groups in total. The topological polar surface area (TPSA) is 17.1 Å². The minimum absolute atomic E-state index is 0.0602. The van der Waals surface area contributed by atoms with E-state index in [4.69, 9.17) is 0 Å². The van der Waals surface area contributed by atoms with E-state index in [9.17, 15) is 4.79 Å². The lowest BCUT2D eigenvalue weighted by Crippen LogP contribution is -1.65. The van der Waals surface area contributed by atoms with Gasteiger partial charge in [-0.25, -0.2) is 4.79 Å². The van der Waals surface area contributed by atoms with E-state index in [1.807, 2.05) is 5.23 Å². The third kappa shape index (κ3) is 1.15. The highest BCUT2D eigenvalue weighted by Crippen LogP contribution is 2.22. The lowest BCUT2D eigenvalue weighted by Gasteiger charge is -1.80. The van der Waals surface area contributed by atoms with Crippen molar-refractivity contribution in [1.29, 1.82) is 0 Å². The highest BCUT2D eigenvalue weighted by atomic mass is 32.2. The summed E-state index contributed by atoms with van der Waals surface area (Å²) < 4.78 is 0. The maximum Gasteiger partial charge on any atom is 0.155 e. The van der Waals surface area contributed by atoms with Gasteiger partial charge in [-0.1, -0.05) is 0 Å². The van der Waals surface area contributed by atoms with Crippen molar-refractivity contribution in [3.05, 3.63) is 0 Å². The standard InChI is InChI=1S/C5H8OS/c6-5-7-3-1-2-4-7/h1-4H2. The molecule has 0 atom stereocenters. The summed E-state index contributed by atoms with van der Waals surface area (Å²) in [4.78, 5) is 9.89. The first kappa shape index (κ1) is 5.07. The fourth-order valence-corrected chi connectivity index (χ4v) is 2.21. The summed E-state index contributed by atoms with van der Waals surface area (Å²) in [5, 5.41) is 2.04. The van der Waals surface area contributed by atoms with Gasteiger partial charge in [0.05, 0.1) is 0 Å². The Hall–Kier alpha value is -0.0700. The number of hydrogen-bond donors (Lipinski definition) is 0. The van der Waals surface area contributed by atoms with Gasteiger partial charge in [0.1, 0.15) is 0 Å². The van der Waals surface area contributed by atoms with Crippen LogP contribution < -0.4 is 0 Å². The molecule has 0 aromatic carbocycles. The van der Waals surface area contributed by atoms with Gasteiger partial charge in [0.15, 0.2) is 5.23 Å². The van der Waals surface area contributed by atoms with Crippen LogP contribution in [-0.2, 0) is 4.79 Å². The summed E-state index contributed by atoms with van der Waals surface area (Å²) in [6.07, 6.45) is 2.50. The molecule has 0 saturated carbocycles. The van der Waals surface area contributed by atoms with Crippen LogP contribution in [0.3, 0.4) is 0 Å². The van der Waals surface area contributed by atoms with Crippen LogP contribution in [0.2, 0.25) is 0 Å². The average molecular weight is 116 g/mol. The largest absolute Gasteiger partial charge is 0.226 e. The molecule has 1 saturated heterocycles. The quantitative estimate of drug-likeness (QED) is 0.433. The molecule has 40 valence electrons. The Morgan fingerprint density at radius 3 is 2.14 bits per heavy atom. The second-order valence-electron chi connectivity index (χ2n) is 1.69. The molecule has 0 aliphatic carbocycles. The zero-order chi connectivity index (χ0) is 5.11. The predicted octanol–water partition coefficient (Wildman–Crippen LogP) is 1.12. The van der Waals surface area contributed by atoms with E-state index >= 15 is 0 Å². The first-order valence-corrected chi connectivity index (χ1v) is 4.05. The van der Waals surface area contributed by atoms with E-state index in [2.05, 4.69) is 0 Å². The molecule has 0 amide bonds. The van der Waals surface area contributed by atoms with E-state index in [1.165, 1.54) is 12.8 Å². The van der Waals surface area contributed by atoms with E-state index in [-0.39, 0.29) is 10.5 Å². The molecule has 1 aliphatic heterocycles. The summed E-state index contributed by atoms with van der Waals surface area (Å²) in [5.41, 5.74) is 0. The van der Waals surface area contributed by atoms with Crippen LogP contribution in [0.25, 0.3) is 0 Å². The smallest absolute Gasteiger partial charge is 0.155 e. The normalized spacial score (nSPS) is 22.3. The van der Waals surface area contributed by atoms with Crippen LogP contribution in [0.15, 0.2) is 0 Å². The maximum atomic E-state index is 9.89. The van der Waals surface area contributed by atoms with Crippen molar-refractivity contribution < 1.29 is 4.79 Å². The van der Waals surface area contributed by atoms with E-state index < -0.39 is 0 Å². The highest BCUT2D eigenvalue weighted by molar-refractivity contribution is 8.14. The Bertz CT molecular complexity index is 105. The van der Waals surface area contributed by atoms with Crippen LogP contribution in [0.5, 0.6) is 0 Å². The molecule has 0 radical (unpaired) electrons. The van der Waals surface area contributed by atoms with Gasteiger partial charge in [0, 0.05) is 0 Å². The summed E-state index contributed by atoms with van der Waals surface area (Å²) in [6.45, 7) is 0. The SMILES string of the molecule is O=C=S1CCCC1. The Kier molecular flexibility index (Phi) is 1.66. The molecular weight excluding hydrogens is 108 g/mol. The Balaban J connectivity index is 2.57. The van der Waals surface area contributed by atoms with Crippen molar-refractivity contribution in [2.45, 2.75) is 12.8 Å². The van der Waals surface area contributed by atoms with Crippen molar-refractivity contribution in [2.24, 2.45) is 0 Å². The third-order valence-electron chi connectivity index (χ3n) is 1.15. The molecule has 1 rings (SSSR count). The third-order valence-corrected chi connectivity index (χ3v) is 2.95. The summed E-state index contributed by atoms with van der Waals surface area (Å²) in [6, 6.07) is 0. The summed E-state index contributed by atoms with van der Waals surface area (Å²) >= 11 is 0. The van der Waals surface area contributed by atoms with Gasteiger partial charge in [0.25, 0.3) is 0 Å². The highest BCUT2D eigenvalue weighted by Gasteiger charge is 2.03. The van der Waals surface area contributed by atoms with Crippen LogP contribution in [-0.4, -0.2) is 16.7 Å². The van der Waals surface area contributed by atoms with Gasteiger partial charge < -0.3 is 0 Å². The van der Waals surface area contributed by atoms with Gasteiger partial charge in [-0.15, -0.1) is 10.5 Å². The lowest BCUT2D eigenvalue weighted by molar-refractivity contribution is 0.572. The lowest BCUT2D eigenvalue weighted by atomic mass is 10.4. The molecule has 0 spiro atoms. The molecule has 2 heteroatoms. The van der Waals surface area contributed by atoms with Crippen molar-refractivity contribution in [3.63, 3.8) is 0 Å². The van der Waals surface area contributed by atoms with E-state index in [0.29, 0.717) is 0 Å². The number of rotatable bonds is 0. The number of hydrogen-bond acceptors (Lipinski definition) is 1. The van der Waals surface area contributed by atoms with E-state index in [1.54, 1.807) is 0 Å². The molecule has 1 fully saturated rings. The van der Waals surface area contributed by atoms with Crippen molar-refractivity contribution in [3.8, 4) is 0 Å². The van der Waals surface area contributed by atoms with Crippen LogP contribution >= 0.6 is 10.5 Å². The van der Waals surface area contributed by atoms with Crippen LogP contribution in [0.1, 0.15) is 12.8 Å². The van der Waals surface area contributed by atoms with Crippen molar-refractivity contribution >= 4 is 15.7 Å². The molecule has 0 aromatic heterocycles. The molecule has 7 heavy (non-hydrogen) atoms. The fraction of sp³-hybridized carbons (Fsp3) is 0.800. The second kappa shape index (κ2) is 2.29. The van der Waals surface area contributed by atoms with E-state index in [0.717, 1.165) is 11.5 Å². The van der Waals surface area contributed by atoms with Gasteiger partial charge in [-0.05, 0) is 24.3 Å². The molecule has 0 aromatic rings. The van der Waals surface area contributed by atoms with Crippen LogP contribution in [0, 0.1) is 0 Å². The Labute approximate surface area is 45.6 Å².